The average Bonchev–Trinajstić information content (AvgIpc) is 3.37. The predicted molar refractivity (Wildman–Crippen MR) is 184 cm³/mol. The van der Waals surface area contributed by atoms with Crippen LogP contribution in [0, 0.1) is 5.41 Å². The van der Waals surface area contributed by atoms with Gasteiger partial charge in [0.1, 0.15) is 17.2 Å². The highest BCUT2D eigenvalue weighted by Crippen LogP contribution is 2.60. The van der Waals surface area contributed by atoms with Crippen molar-refractivity contribution in [2.24, 2.45) is 5.41 Å². The van der Waals surface area contributed by atoms with Crippen molar-refractivity contribution >= 4 is 63.7 Å². The third-order valence-electron chi connectivity index (χ3n) is 8.07. The van der Waals surface area contributed by atoms with Crippen LogP contribution in [0.1, 0.15) is 32.8 Å². The van der Waals surface area contributed by atoms with E-state index in [1.165, 1.54) is 0 Å². The van der Waals surface area contributed by atoms with Crippen LogP contribution in [0.3, 0.4) is 0 Å². The maximum atomic E-state index is 11.4. The zero-order valence-electron chi connectivity index (χ0n) is 25.2. The number of fused-ring (bicyclic) bond motifs is 1. The number of aromatic nitrogens is 2. The molecule has 10 heteroatoms. The third kappa shape index (κ3) is 6.80. The minimum atomic E-state index is -1.01. The second-order valence-electron chi connectivity index (χ2n) is 11.6. The van der Waals surface area contributed by atoms with E-state index in [1.54, 1.807) is 7.11 Å². The van der Waals surface area contributed by atoms with Gasteiger partial charge in [0, 0.05) is 36.1 Å². The Morgan fingerprint density at radius 1 is 1.00 bits per heavy atom. The van der Waals surface area contributed by atoms with Gasteiger partial charge in [-0.3, -0.25) is 0 Å². The lowest BCUT2D eigenvalue weighted by Gasteiger charge is -2.53. The molecule has 2 unspecified atom stereocenters. The normalized spacial score (nSPS) is 21.3. The van der Waals surface area contributed by atoms with Crippen LogP contribution in [-0.2, 0) is 26.6 Å². The Hall–Kier alpha value is -2.62. The maximum absolute atomic E-state index is 11.4. The van der Waals surface area contributed by atoms with Gasteiger partial charge in [-0.05, 0) is 49.2 Å². The first-order chi connectivity index (χ1) is 21.0. The van der Waals surface area contributed by atoms with E-state index in [0.29, 0.717) is 28.0 Å². The van der Waals surface area contributed by atoms with E-state index in [9.17, 15) is 9.90 Å². The van der Waals surface area contributed by atoms with Crippen LogP contribution >= 0.6 is 46.7 Å². The standard InChI is InChI=1S/C34H36Cl2N2O4S2/c1-32(2)22-34(44-21-23-14-15-25(35)26(36)18-23,33(3,41-4)19-29(32)42-20-30(39)40)43-17-16-38-28-13-9-8-12-27(28)37-31(38)24-10-6-5-7-11-24/h5-15,18-19H,16-17,20-22H2,1-4H3,(H,39,40). The summed E-state index contributed by atoms with van der Waals surface area (Å²) in [5.41, 5.74) is 2.96. The van der Waals surface area contributed by atoms with Gasteiger partial charge in [0.2, 0.25) is 0 Å². The lowest BCUT2D eigenvalue weighted by atomic mass is 9.74. The molecule has 0 spiro atoms. The van der Waals surface area contributed by atoms with E-state index in [4.69, 9.17) is 37.7 Å². The first kappa shape index (κ1) is 32.8. The second-order valence-corrected chi connectivity index (χ2v) is 15.4. The van der Waals surface area contributed by atoms with Crippen LogP contribution in [0.2, 0.25) is 10.0 Å². The maximum Gasteiger partial charge on any atom is 0.341 e. The smallest absolute Gasteiger partial charge is 0.341 e. The van der Waals surface area contributed by atoms with Gasteiger partial charge in [0.25, 0.3) is 0 Å². The number of allylic oxidation sites excluding steroid dienone is 1. The van der Waals surface area contributed by atoms with Gasteiger partial charge in [-0.15, -0.1) is 23.5 Å². The number of benzene rings is 3. The molecule has 0 bridgehead atoms. The van der Waals surface area contributed by atoms with Crippen molar-refractivity contribution < 1.29 is 19.4 Å². The van der Waals surface area contributed by atoms with Crippen molar-refractivity contribution in [3.8, 4) is 11.4 Å². The third-order valence-corrected chi connectivity index (χ3v) is 12.4. The van der Waals surface area contributed by atoms with Crippen molar-refractivity contribution in [3.63, 3.8) is 0 Å². The highest BCUT2D eigenvalue weighted by molar-refractivity contribution is 8.18. The molecule has 0 saturated carbocycles. The summed E-state index contributed by atoms with van der Waals surface area (Å²) < 4.78 is 14.0. The number of para-hydroxylation sites is 2. The molecule has 0 radical (unpaired) electrons. The number of nitrogens with zero attached hydrogens (tertiary/aromatic N) is 2. The van der Waals surface area contributed by atoms with Crippen molar-refractivity contribution in [3.05, 3.63) is 100 Å². The lowest BCUT2D eigenvalue weighted by Crippen LogP contribution is -2.54. The number of thioether (sulfide) groups is 2. The Kier molecular flexibility index (Phi) is 9.97. The number of methoxy groups -OCH3 is 1. The second kappa shape index (κ2) is 13.4. The Labute approximate surface area is 277 Å². The molecule has 2 atom stereocenters. The average molecular weight is 672 g/mol. The van der Waals surface area contributed by atoms with Gasteiger partial charge < -0.3 is 19.1 Å². The summed E-state index contributed by atoms with van der Waals surface area (Å²) in [5, 5.41) is 10.4. The number of rotatable bonds is 12. The molecule has 3 aromatic carbocycles. The molecular weight excluding hydrogens is 635 g/mol. The molecule has 0 saturated heterocycles. The molecule has 0 aliphatic heterocycles. The highest BCUT2D eigenvalue weighted by Gasteiger charge is 2.56. The number of imidazole rings is 1. The van der Waals surface area contributed by atoms with Crippen molar-refractivity contribution in [2.75, 3.05) is 19.5 Å². The molecule has 1 N–H and O–H groups in total. The quantitative estimate of drug-likeness (QED) is 0.151. The zero-order chi connectivity index (χ0) is 31.5. The van der Waals surface area contributed by atoms with Crippen LogP contribution in [0.5, 0.6) is 0 Å². The largest absolute Gasteiger partial charge is 0.486 e. The van der Waals surface area contributed by atoms with Crippen LogP contribution in [-0.4, -0.2) is 49.8 Å². The summed E-state index contributed by atoms with van der Waals surface area (Å²) in [5.74, 6) is 2.02. The van der Waals surface area contributed by atoms with E-state index in [0.717, 1.165) is 40.3 Å². The minimum absolute atomic E-state index is 0.401. The molecule has 6 nitrogen and oxygen atoms in total. The van der Waals surface area contributed by atoms with Crippen LogP contribution in [0.4, 0.5) is 0 Å². The SMILES string of the molecule is COC1(C)C=C(OCC(=O)O)C(C)(C)CC1(SCCn1c(-c2ccccc2)nc2ccccc21)SCc1ccc(Cl)c(Cl)c1. The first-order valence-electron chi connectivity index (χ1n) is 14.3. The fourth-order valence-corrected chi connectivity index (χ4v) is 9.71. The number of hydrogen-bond acceptors (Lipinski definition) is 6. The van der Waals surface area contributed by atoms with Crippen LogP contribution in [0.15, 0.2) is 84.6 Å². The molecule has 1 heterocycles. The van der Waals surface area contributed by atoms with Crippen LogP contribution in [0.25, 0.3) is 22.4 Å². The van der Waals surface area contributed by atoms with E-state index < -0.39 is 27.7 Å². The number of carbonyl (C=O) groups is 1. The number of carboxylic acid groups (broad SMARTS) is 1. The molecule has 0 fully saturated rings. The fourth-order valence-electron chi connectivity index (χ4n) is 5.66. The number of aryl methyl sites for hydroxylation is 1. The van der Waals surface area contributed by atoms with Gasteiger partial charge in [0.05, 0.1) is 25.2 Å². The van der Waals surface area contributed by atoms with E-state index in [2.05, 4.69) is 49.6 Å². The molecule has 5 rings (SSSR count). The molecule has 232 valence electrons. The Balaban J connectivity index is 1.50. The number of aliphatic carboxylic acids is 1. The van der Waals surface area contributed by atoms with Crippen molar-refractivity contribution in [1.29, 1.82) is 0 Å². The first-order valence-corrected chi connectivity index (χ1v) is 17.1. The van der Waals surface area contributed by atoms with Gasteiger partial charge in [-0.25, -0.2) is 9.78 Å². The van der Waals surface area contributed by atoms with E-state index >= 15 is 0 Å². The summed E-state index contributed by atoms with van der Waals surface area (Å²) in [6, 6.07) is 24.2. The van der Waals surface area contributed by atoms with E-state index in [-0.39, 0.29) is 0 Å². The Morgan fingerprint density at radius 2 is 1.73 bits per heavy atom. The highest BCUT2D eigenvalue weighted by atomic mass is 35.5. The Morgan fingerprint density at radius 3 is 2.43 bits per heavy atom. The number of carboxylic acids is 1. The Bertz CT molecular complexity index is 1680. The molecule has 44 heavy (non-hydrogen) atoms. The molecule has 4 aromatic rings. The summed E-state index contributed by atoms with van der Waals surface area (Å²) in [6.07, 6.45) is 2.67. The summed E-state index contributed by atoms with van der Waals surface area (Å²) in [6.45, 7) is 6.59. The summed E-state index contributed by atoms with van der Waals surface area (Å²) in [4.78, 5) is 16.4. The van der Waals surface area contributed by atoms with Gasteiger partial charge >= 0.3 is 5.97 Å². The van der Waals surface area contributed by atoms with Crippen molar-refractivity contribution in [1.82, 2.24) is 9.55 Å². The summed E-state index contributed by atoms with van der Waals surface area (Å²) >= 11 is 16.3. The number of hydrogen-bond donors (Lipinski definition) is 1. The van der Waals surface area contributed by atoms with Crippen LogP contribution < -0.4 is 0 Å². The van der Waals surface area contributed by atoms with Gasteiger partial charge in [0.15, 0.2) is 6.61 Å². The van der Waals surface area contributed by atoms with Gasteiger partial charge in [-0.1, -0.05) is 85.6 Å². The minimum Gasteiger partial charge on any atom is -0.486 e. The predicted octanol–water partition coefficient (Wildman–Crippen LogP) is 9.19. The molecule has 1 aliphatic rings. The molecular formula is C34H36Cl2N2O4S2. The topological polar surface area (TPSA) is 73.6 Å². The monoisotopic (exact) mass is 670 g/mol. The molecule has 0 amide bonds. The van der Waals surface area contributed by atoms with E-state index in [1.807, 2.05) is 78.1 Å². The zero-order valence-corrected chi connectivity index (χ0v) is 28.3. The number of halogens is 2. The molecule has 1 aromatic heterocycles. The van der Waals surface area contributed by atoms with Crippen molar-refractivity contribution in [2.45, 2.75) is 49.2 Å². The van der Waals surface area contributed by atoms with Gasteiger partial charge in [-0.2, -0.15) is 0 Å². The fraction of sp³-hybridized carbons (Fsp3) is 0.353. The number of ether oxygens (including phenoxy) is 2. The lowest BCUT2D eigenvalue weighted by molar-refractivity contribution is -0.141. The summed E-state index contributed by atoms with van der Waals surface area (Å²) in [7, 11) is 1.70. The molecule has 1 aliphatic carbocycles.